The number of amides is 2. The van der Waals surface area contributed by atoms with Gasteiger partial charge < -0.3 is 10.1 Å². The second-order valence-corrected chi connectivity index (χ2v) is 5.24. The molecule has 0 aliphatic rings. The molecule has 0 unspecified atom stereocenters. The van der Waals surface area contributed by atoms with Gasteiger partial charge in [0.1, 0.15) is 0 Å². The first-order valence-electron chi connectivity index (χ1n) is 8.04. The van der Waals surface area contributed by atoms with E-state index in [1.165, 1.54) is 0 Å². The van der Waals surface area contributed by atoms with Crippen molar-refractivity contribution in [3.8, 4) is 0 Å². The third-order valence-electron chi connectivity index (χ3n) is 3.36. The molecule has 0 fully saturated rings. The predicted octanol–water partition coefficient (Wildman–Crippen LogP) is 3.01. The van der Waals surface area contributed by atoms with Gasteiger partial charge in [0.2, 0.25) is 5.91 Å². The van der Waals surface area contributed by atoms with Crippen molar-refractivity contribution in [3.63, 3.8) is 0 Å². The van der Waals surface area contributed by atoms with Crippen molar-refractivity contribution in [2.75, 3.05) is 6.61 Å². The number of hydrazone groups is 1. The predicted molar refractivity (Wildman–Crippen MR) is 96.1 cm³/mol. The van der Waals surface area contributed by atoms with Gasteiger partial charge in [-0.15, -0.1) is 0 Å². The number of carbonyl (C=O) groups excluding carboxylic acids is 2. The number of alkyl carbamates (subject to hydrolysis) is 1. The molecule has 0 saturated heterocycles. The summed E-state index contributed by atoms with van der Waals surface area (Å²) >= 11 is 0. The minimum absolute atomic E-state index is 0.0506. The molecule has 2 amide bonds. The molecule has 0 spiro atoms. The highest BCUT2D eigenvalue weighted by atomic mass is 16.5. The van der Waals surface area contributed by atoms with E-state index in [1.54, 1.807) is 13.1 Å². The Morgan fingerprint density at radius 3 is 2.36 bits per heavy atom. The zero-order valence-corrected chi connectivity index (χ0v) is 14.0. The molecule has 2 aromatic rings. The topological polar surface area (TPSA) is 79.8 Å². The molecule has 2 rings (SSSR count). The van der Waals surface area contributed by atoms with E-state index in [4.69, 9.17) is 4.74 Å². The van der Waals surface area contributed by atoms with E-state index in [1.807, 2.05) is 60.7 Å². The van der Waals surface area contributed by atoms with Crippen LogP contribution in [0.15, 0.2) is 65.8 Å². The Morgan fingerprint density at radius 2 is 1.72 bits per heavy atom. The molecular weight excluding hydrogens is 318 g/mol. The van der Waals surface area contributed by atoms with E-state index >= 15 is 0 Å². The zero-order valence-electron chi connectivity index (χ0n) is 14.0. The van der Waals surface area contributed by atoms with Crippen molar-refractivity contribution >= 4 is 18.2 Å². The summed E-state index contributed by atoms with van der Waals surface area (Å²) in [7, 11) is 0. The molecule has 0 aromatic heterocycles. The van der Waals surface area contributed by atoms with Crippen LogP contribution in [0.5, 0.6) is 0 Å². The number of nitrogens with zero attached hydrogens (tertiary/aromatic N) is 1. The van der Waals surface area contributed by atoms with Crippen LogP contribution in [0.25, 0.3) is 0 Å². The summed E-state index contributed by atoms with van der Waals surface area (Å²) in [6.07, 6.45) is 1.06. The van der Waals surface area contributed by atoms with Crippen molar-refractivity contribution in [2.24, 2.45) is 5.10 Å². The van der Waals surface area contributed by atoms with E-state index in [0.29, 0.717) is 0 Å². The summed E-state index contributed by atoms with van der Waals surface area (Å²) in [5.41, 5.74) is 4.17. The maximum absolute atomic E-state index is 12.1. The lowest BCUT2D eigenvalue weighted by Crippen LogP contribution is -2.33. The lowest BCUT2D eigenvalue weighted by molar-refractivity contribution is -0.121. The molecule has 0 aliphatic heterocycles. The normalized spacial score (nSPS) is 11.7. The number of ether oxygens (including phenoxy) is 1. The molecule has 2 N–H and O–H groups in total. The van der Waals surface area contributed by atoms with Gasteiger partial charge >= 0.3 is 6.09 Å². The first-order valence-corrected chi connectivity index (χ1v) is 8.04. The van der Waals surface area contributed by atoms with Gasteiger partial charge in [0.25, 0.3) is 0 Å². The van der Waals surface area contributed by atoms with E-state index in [9.17, 15) is 9.59 Å². The molecule has 0 saturated carbocycles. The average molecular weight is 339 g/mol. The summed E-state index contributed by atoms with van der Waals surface area (Å²) in [6.45, 7) is 1.99. The van der Waals surface area contributed by atoms with Gasteiger partial charge in [0.05, 0.1) is 25.3 Å². The Morgan fingerprint density at radius 1 is 1.08 bits per heavy atom. The fraction of sp³-hybridized carbons (Fsp3) is 0.211. The Bertz CT molecular complexity index is 702. The quantitative estimate of drug-likeness (QED) is 0.601. The van der Waals surface area contributed by atoms with Gasteiger partial charge in [-0.2, -0.15) is 5.10 Å². The largest absolute Gasteiger partial charge is 0.450 e. The molecule has 25 heavy (non-hydrogen) atoms. The van der Waals surface area contributed by atoms with Crippen LogP contribution in [0.4, 0.5) is 4.79 Å². The Kier molecular flexibility index (Phi) is 7.18. The van der Waals surface area contributed by atoms with Crippen LogP contribution >= 0.6 is 0 Å². The fourth-order valence-corrected chi connectivity index (χ4v) is 2.20. The third-order valence-corrected chi connectivity index (χ3v) is 3.36. The number of benzene rings is 2. The maximum atomic E-state index is 12.1. The van der Waals surface area contributed by atoms with Crippen LogP contribution in [0.1, 0.15) is 30.5 Å². The number of rotatable bonds is 7. The van der Waals surface area contributed by atoms with Crippen LogP contribution in [0, 0.1) is 0 Å². The maximum Gasteiger partial charge on any atom is 0.407 e. The van der Waals surface area contributed by atoms with Crippen LogP contribution in [-0.2, 0) is 9.53 Å². The number of hydrogen-bond acceptors (Lipinski definition) is 4. The van der Waals surface area contributed by atoms with Gasteiger partial charge in [-0.3, -0.25) is 4.79 Å². The van der Waals surface area contributed by atoms with E-state index < -0.39 is 12.1 Å². The summed E-state index contributed by atoms with van der Waals surface area (Å²) in [6, 6.07) is 18.2. The lowest BCUT2D eigenvalue weighted by Gasteiger charge is -2.18. The van der Waals surface area contributed by atoms with E-state index in [-0.39, 0.29) is 18.9 Å². The molecule has 2 aromatic carbocycles. The van der Waals surface area contributed by atoms with Crippen molar-refractivity contribution in [1.29, 1.82) is 0 Å². The third kappa shape index (κ3) is 6.47. The highest BCUT2D eigenvalue weighted by Gasteiger charge is 2.18. The van der Waals surface area contributed by atoms with Gasteiger partial charge in [-0.1, -0.05) is 60.7 Å². The first kappa shape index (κ1) is 18.2. The highest BCUT2D eigenvalue weighted by molar-refractivity contribution is 5.82. The SMILES string of the molecule is CCOC(=O)N[C@@H](CC(=O)N/N=C\c1ccccc1)c1ccccc1. The van der Waals surface area contributed by atoms with Gasteiger partial charge in [-0.25, -0.2) is 10.2 Å². The monoisotopic (exact) mass is 339 g/mol. The summed E-state index contributed by atoms with van der Waals surface area (Å²) in [5.74, 6) is -0.308. The van der Waals surface area contributed by atoms with Crippen molar-refractivity contribution in [3.05, 3.63) is 71.8 Å². The van der Waals surface area contributed by atoms with Crippen LogP contribution < -0.4 is 10.7 Å². The van der Waals surface area contributed by atoms with Crippen molar-refractivity contribution < 1.29 is 14.3 Å². The standard InChI is InChI=1S/C19H21N3O3/c1-2-25-19(24)21-17(16-11-7-4-8-12-16)13-18(23)22-20-14-15-9-5-3-6-10-15/h3-12,14,17H,2,13H2,1H3,(H,21,24)(H,22,23)/b20-14-/t17-/m0/s1. The number of carbonyl (C=O) groups is 2. The van der Waals surface area contributed by atoms with E-state index in [0.717, 1.165) is 11.1 Å². The molecule has 1 atom stereocenters. The van der Waals surface area contributed by atoms with Crippen LogP contribution in [-0.4, -0.2) is 24.8 Å². The van der Waals surface area contributed by atoms with Gasteiger partial charge in [0.15, 0.2) is 0 Å². The molecular formula is C19H21N3O3. The Balaban J connectivity index is 1.96. The van der Waals surface area contributed by atoms with E-state index in [2.05, 4.69) is 15.8 Å². The molecule has 130 valence electrons. The fourth-order valence-electron chi connectivity index (χ4n) is 2.20. The molecule has 6 nitrogen and oxygen atoms in total. The smallest absolute Gasteiger partial charge is 0.407 e. The molecule has 0 aliphatic carbocycles. The molecule has 6 heteroatoms. The van der Waals surface area contributed by atoms with Crippen molar-refractivity contribution in [2.45, 2.75) is 19.4 Å². The molecule has 0 radical (unpaired) electrons. The zero-order chi connectivity index (χ0) is 17.9. The summed E-state index contributed by atoms with van der Waals surface area (Å²) < 4.78 is 4.90. The second kappa shape index (κ2) is 9.87. The highest BCUT2D eigenvalue weighted by Crippen LogP contribution is 2.16. The number of nitrogens with one attached hydrogen (secondary N) is 2. The van der Waals surface area contributed by atoms with Crippen LogP contribution in [0.2, 0.25) is 0 Å². The summed E-state index contributed by atoms with van der Waals surface area (Å²) in [5, 5.41) is 6.63. The molecule has 0 bridgehead atoms. The Hall–Kier alpha value is -3.15. The molecule has 0 heterocycles. The van der Waals surface area contributed by atoms with Crippen molar-refractivity contribution in [1.82, 2.24) is 10.7 Å². The average Bonchev–Trinajstić information content (AvgIpc) is 2.63. The Labute approximate surface area is 146 Å². The van der Waals surface area contributed by atoms with Gasteiger partial charge in [-0.05, 0) is 18.1 Å². The van der Waals surface area contributed by atoms with Gasteiger partial charge in [0, 0.05) is 0 Å². The minimum atomic E-state index is -0.558. The van der Waals surface area contributed by atoms with Crippen LogP contribution in [0.3, 0.4) is 0 Å². The first-order chi connectivity index (χ1) is 12.2. The second-order valence-electron chi connectivity index (χ2n) is 5.24. The summed E-state index contributed by atoms with van der Waals surface area (Å²) in [4.78, 5) is 23.9. The number of hydrogen-bond donors (Lipinski definition) is 2. The lowest BCUT2D eigenvalue weighted by atomic mass is 10.0. The minimum Gasteiger partial charge on any atom is -0.450 e.